The van der Waals surface area contributed by atoms with Crippen molar-refractivity contribution in [2.45, 2.75) is 13.8 Å². The highest BCUT2D eigenvalue weighted by Gasteiger charge is 2.08. The standard InChI is InChI=1S/C16H18N2O2/c1-3-20-14-7-8-15(11(2)9-14)18-16(19)12-5-4-6-13(17)10-12/h4-10H,3,17H2,1-2H3,(H,18,19). The molecule has 0 fully saturated rings. The average Bonchev–Trinajstić information content (AvgIpc) is 2.42. The Labute approximate surface area is 118 Å². The summed E-state index contributed by atoms with van der Waals surface area (Å²) in [7, 11) is 0. The van der Waals surface area contributed by atoms with Gasteiger partial charge in [0.2, 0.25) is 0 Å². The van der Waals surface area contributed by atoms with Gasteiger partial charge in [-0.2, -0.15) is 0 Å². The number of nitrogen functional groups attached to an aromatic ring is 1. The first-order valence-corrected chi connectivity index (χ1v) is 6.50. The van der Waals surface area contributed by atoms with Crippen LogP contribution < -0.4 is 15.8 Å². The van der Waals surface area contributed by atoms with Crippen molar-refractivity contribution >= 4 is 17.3 Å². The normalized spacial score (nSPS) is 10.1. The van der Waals surface area contributed by atoms with E-state index in [4.69, 9.17) is 10.5 Å². The molecule has 0 saturated heterocycles. The fourth-order valence-electron chi connectivity index (χ4n) is 1.91. The molecule has 0 aromatic heterocycles. The van der Waals surface area contributed by atoms with Gasteiger partial charge in [-0.05, 0) is 55.8 Å². The fraction of sp³-hybridized carbons (Fsp3) is 0.188. The van der Waals surface area contributed by atoms with Crippen LogP contribution in [0.15, 0.2) is 42.5 Å². The van der Waals surface area contributed by atoms with Gasteiger partial charge in [0.1, 0.15) is 5.75 Å². The molecule has 2 aromatic carbocycles. The van der Waals surface area contributed by atoms with E-state index in [0.29, 0.717) is 17.9 Å². The van der Waals surface area contributed by atoms with Gasteiger partial charge in [0, 0.05) is 16.9 Å². The van der Waals surface area contributed by atoms with Crippen molar-refractivity contribution in [1.82, 2.24) is 0 Å². The van der Waals surface area contributed by atoms with Crippen LogP contribution in [0.3, 0.4) is 0 Å². The topological polar surface area (TPSA) is 64.3 Å². The van der Waals surface area contributed by atoms with Crippen molar-refractivity contribution in [2.75, 3.05) is 17.7 Å². The number of hydrogen-bond donors (Lipinski definition) is 2. The minimum Gasteiger partial charge on any atom is -0.494 e. The average molecular weight is 270 g/mol. The summed E-state index contributed by atoms with van der Waals surface area (Å²) in [5.74, 6) is 0.622. The van der Waals surface area contributed by atoms with E-state index in [2.05, 4.69) is 5.32 Å². The van der Waals surface area contributed by atoms with Crippen LogP contribution in [0, 0.1) is 6.92 Å². The number of amides is 1. The van der Waals surface area contributed by atoms with E-state index in [1.165, 1.54) is 0 Å². The Morgan fingerprint density at radius 1 is 1.25 bits per heavy atom. The molecule has 3 N–H and O–H groups in total. The molecule has 2 rings (SSSR count). The van der Waals surface area contributed by atoms with Crippen LogP contribution in [0.2, 0.25) is 0 Å². The van der Waals surface area contributed by atoms with Crippen LogP contribution in [0.5, 0.6) is 5.75 Å². The summed E-state index contributed by atoms with van der Waals surface area (Å²) in [6.45, 7) is 4.48. The zero-order valence-electron chi connectivity index (χ0n) is 11.6. The number of ether oxygens (including phenoxy) is 1. The number of rotatable bonds is 4. The minimum atomic E-state index is -0.176. The summed E-state index contributed by atoms with van der Waals surface area (Å²) in [5, 5.41) is 2.87. The maximum absolute atomic E-state index is 12.1. The van der Waals surface area contributed by atoms with Gasteiger partial charge in [0.05, 0.1) is 6.61 Å². The molecule has 0 aliphatic rings. The van der Waals surface area contributed by atoms with Crippen molar-refractivity contribution in [2.24, 2.45) is 0 Å². The summed E-state index contributed by atoms with van der Waals surface area (Å²) in [4.78, 5) is 12.1. The monoisotopic (exact) mass is 270 g/mol. The molecule has 0 aliphatic carbocycles. The van der Waals surface area contributed by atoms with Gasteiger partial charge in [-0.25, -0.2) is 0 Å². The first kappa shape index (κ1) is 13.9. The van der Waals surface area contributed by atoms with E-state index in [9.17, 15) is 4.79 Å². The lowest BCUT2D eigenvalue weighted by Crippen LogP contribution is -2.13. The maximum atomic E-state index is 12.1. The molecule has 2 aromatic rings. The Hall–Kier alpha value is -2.49. The zero-order valence-corrected chi connectivity index (χ0v) is 11.6. The van der Waals surface area contributed by atoms with Gasteiger partial charge in [-0.1, -0.05) is 6.07 Å². The molecule has 0 spiro atoms. The third-order valence-corrected chi connectivity index (χ3v) is 2.91. The molecule has 20 heavy (non-hydrogen) atoms. The van der Waals surface area contributed by atoms with E-state index in [1.807, 2.05) is 32.0 Å². The van der Waals surface area contributed by atoms with Gasteiger partial charge in [-0.15, -0.1) is 0 Å². The molecule has 0 bridgehead atoms. The van der Waals surface area contributed by atoms with Crippen molar-refractivity contribution in [1.29, 1.82) is 0 Å². The molecule has 4 nitrogen and oxygen atoms in total. The van der Waals surface area contributed by atoms with Crippen LogP contribution in [-0.4, -0.2) is 12.5 Å². The van der Waals surface area contributed by atoms with Crippen molar-refractivity contribution in [3.05, 3.63) is 53.6 Å². The van der Waals surface area contributed by atoms with Crippen molar-refractivity contribution in [3.63, 3.8) is 0 Å². The SMILES string of the molecule is CCOc1ccc(NC(=O)c2cccc(N)c2)c(C)c1. The summed E-state index contributed by atoms with van der Waals surface area (Å²) in [6.07, 6.45) is 0. The molecule has 4 heteroatoms. The van der Waals surface area contributed by atoms with Gasteiger partial charge < -0.3 is 15.8 Å². The number of hydrogen-bond acceptors (Lipinski definition) is 3. The molecular weight excluding hydrogens is 252 g/mol. The number of nitrogens with two attached hydrogens (primary N) is 1. The highest BCUT2D eigenvalue weighted by molar-refractivity contribution is 6.05. The first-order valence-electron chi connectivity index (χ1n) is 6.50. The molecule has 1 amide bonds. The highest BCUT2D eigenvalue weighted by Crippen LogP contribution is 2.22. The van der Waals surface area contributed by atoms with E-state index < -0.39 is 0 Å². The van der Waals surface area contributed by atoms with E-state index in [1.54, 1.807) is 24.3 Å². The predicted octanol–water partition coefficient (Wildman–Crippen LogP) is 3.23. The Kier molecular flexibility index (Phi) is 4.25. The molecule has 0 saturated carbocycles. The van der Waals surface area contributed by atoms with Gasteiger partial charge in [0.25, 0.3) is 5.91 Å². The number of anilines is 2. The zero-order chi connectivity index (χ0) is 14.5. The summed E-state index contributed by atoms with van der Waals surface area (Å²) < 4.78 is 5.42. The Bertz CT molecular complexity index is 624. The van der Waals surface area contributed by atoms with Crippen LogP contribution in [-0.2, 0) is 0 Å². The van der Waals surface area contributed by atoms with Crippen LogP contribution in [0.4, 0.5) is 11.4 Å². The summed E-state index contributed by atoms with van der Waals surface area (Å²) in [5.41, 5.74) is 8.50. The predicted molar refractivity (Wildman–Crippen MR) is 81.2 cm³/mol. The quantitative estimate of drug-likeness (QED) is 0.838. The molecular formula is C16H18N2O2. The molecule has 0 heterocycles. The van der Waals surface area contributed by atoms with Crippen LogP contribution in [0.1, 0.15) is 22.8 Å². The molecule has 0 unspecified atom stereocenters. The third kappa shape index (κ3) is 3.29. The Balaban J connectivity index is 2.15. The lowest BCUT2D eigenvalue weighted by atomic mass is 10.1. The van der Waals surface area contributed by atoms with E-state index >= 15 is 0 Å². The number of carbonyl (C=O) groups is 1. The lowest BCUT2D eigenvalue weighted by Gasteiger charge is -2.11. The number of nitrogens with one attached hydrogen (secondary N) is 1. The Morgan fingerprint density at radius 3 is 2.70 bits per heavy atom. The Morgan fingerprint density at radius 2 is 2.05 bits per heavy atom. The molecule has 0 atom stereocenters. The third-order valence-electron chi connectivity index (χ3n) is 2.91. The molecule has 0 radical (unpaired) electrons. The fourth-order valence-corrected chi connectivity index (χ4v) is 1.91. The lowest BCUT2D eigenvalue weighted by molar-refractivity contribution is 0.102. The largest absolute Gasteiger partial charge is 0.494 e. The molecule has 104 valence electrons. The van der Waals surface area contributed by atoms with Crippen molar-refractivity contribution < 1.29 is 9.53 Å². The smallest absolute Gasteiger partial charge is 0.255 e. The van der Waals surface area contributed by atoms with Crippen LogP contribution >= 0.6 is 0 Å². The van der Waals surface area contributed by atoms with Gasteiger partial charge in [0.15, 0.2) is 0 Å². The highest BCUT2D eigenvalue weighted by atomic mass is 16.5. The van der Waals surface area contributed by atoms with Gasteiger partial charge >= 0.3 is 0 Å². The first-order chi connectivity index (χ1) is 9.60. The summed E-state index contributed by atoms with van der Waals surface area (Å²) in [6, 6.07) is 12.5. The second kappa shape index (κ2) is 6.10. The van der Waals surface area contributed by atoms with E-state index in [0.717, 1.165) is 17.0 Å². The van der Waals surface area contributed by atoms with Crippen LogP contribution in [0.25, 0.3) is 0 Å². The minimum absolute atomic E-state index is 0.176. The number of carbonyl (C=O) groups excluding carboxylic acids is 1. The van der Waals surface area contributed by atoms with E-state index in [-0.39, 0.29) is 5.91 Å². The maximum Gasteiger partial charge on any atom is 0.255 e. The second-order valence-corrected chi connectivity index (χ2v) is 4.49. The second-order valence-electron chi connectivity index (χ2n) is 4.49. The number of aryl methyl sites for hydroxylation is 1. The number of benzene rings is 2. The van der Waals surface area contributed by atoms with Gasteiger partial charge in [-0.3, -0.25) is 4.79 Å². The summed E-state index contributed by atoms with van der Waals surface area (Å²) >= 11 is 0. The molecule has 0 aliphatic heterocycles. The van der Waals surface area contributed by atoms with Crippen molar-refractivity contribution in [3.8, 4) is 5.75 Å².